The number of nitrogens with zero attached hydrogens (tertiary/aromatic N) is 2. The first-order valence-electron chi connectivity index (χ1n) is 5.34. The topological polar surface area (TPSA) is 67.9 Å². The van der Waals surface area contributed by atoms with Gasteiger partial charge in [-0.05, 0) is 30.7 Å². The summed E-state index contributed by atoms with van der Waals surface area (Å²) in [4.78, 5) is 15.6. The third-order valence-corrected chi connectivity index (χ3v) is 2.45. The molecular formula is C12H13N3O2. The van der Waals surface area contributed by atoms with E-state index in [-0.39, 0.29) is 5.56 Å². The molecule has 0 radical (unpaired) electrons. The Kier molecular flexibility index (Phi) is 3.18. The molecule has 0 fully saturated rings. The lowest BCUT2D eigenvalue weighted by atomic mass is 10.2. The average molecular weight is 231 g/mol. The zero-order chi connectivity index (χ0) is 12.3. The van der Waals surface area contributed by atoms with E-state index in [9.17, 15) is 4.79 Å². The van der Waals surface area contributed by atoms with Crippen LogP contribution in [0.15, 0.2) is 29.1 Å². The van der Waals surface area contributed by atoms with Gasteiger partial charge in [-0.3, -0.25) is 4.79 Å². The number of aromatic nitrogens is 3. The minimum atomic E-state index is -0.232. The van der Waals surface area contributed by atoms with Crippen molar-refractivity contribution in [3.8, 4) is 17.1 Å². The van der Waals surface area contributed by atoms with E-state index in [1.54, 1.807) is 7.11 Å². The molecule has 2 rings (SSSR count). The number of H-pyrrole nitrogens is 1. The lowest BCUT2D eigenvalue weighted by Crippen LogP contribution is -2.16. The standard InChI is InChI=1S/C12H13N3O2/c1-3-10-12(16)15-14-11(13-10)8-4-6-9(17-2)7-5-8/h4-7H,3H2,1-2H3,(H,15,16). The third-order valence-electron chi connectivity index (χ3n) is 2.45. The van der Waals surface area contributed by atoms with Crippen LogP contribution in [0.4, 0.5) is 0 Å². The van der Waals surface area contributed by atoms with Gasteiger partial charge in [0.2, 0.25) is 0 Å². The SMILES string of the molecule is CCc1nc(-c2ccc(OC)cc2)n[nH]c1=O. The molecule has 0 aliphatic rings. The highest BCUT2D eigenvalue weighted by atomic mass is 16.5. The molecule has 0 unspecified atom stereocenters. The van der Waals surface area contributed by atoms with Gasteiger partial charge >= 0.3 is 0 Å². The average Bonchev–Trinajstić information content (AvgIpc) is 2.39. The van der Waals surface area contributed by atoms with E-state index in [1.165, 1.54) is 0 Å². The molecule has 0 amide bonds. The molecule has 0 aliphatic carbocycles. The van der Waals surface area contributed by atoms with Crippen LogP contribution in [0.3, 0.4) is 0 Å². The summed E-state index contributed by atoms with van der Waals surface area (Å²) in [6.45, 7) is 1.88. The maximum absolute atomic E-state index is 11.3. The Morgan fingerprint density at radius 3 is 2.59 bits per heavy atom. The number of ether oxygens (including phenoxy) is 1. The van der Waals surface area contributed by atoms with Crippen LogP contribution >= 0.6 is 0 Å². The van der Waals surface area contributed by atoms with E-state index in [4.69, 9.17) is 4.74 Å². The van der Waals surface area contributed by atoms with Crippen molar-refractivity contribution in [3.05, 3.63) is 40.3 Å². The summed E-state index contributed by atoms with van der Waals surface area (Å²) in [5, 5.41) is 6.37. The quantitative estimate of drug-likeness (QED) is 0.867. The number of methoxy groups -OCH3 is 1. The van der Waals surface area contributed by atoms with Crippen molar-refractivity contribution in [1.82, 2.24) is 15.2 Å². The van der Waals surface area contributed by atoms with Crippen molar-refractivity contribution in [1.29, 1.82) is 0 Å². The highest BCUT2D eigenvalue weighted by Crippen LogP contribution is 2.18. The van der Waals surface area contributed by atoms with E-state index < -0.39 is 0 Å². The van der Waals surface area contributed by atoms with Gasteiger partial charge in [-0.1, -0.05) is 6.92 Å². The first-order valence-corrected chi connectivity index (χ1v) is 5.34. The normalized spacial score (nSPS) is 10.2. The van der Waals surface area contributed by atoms with Crippen molar-refractivity contribution in [2.75, 3.05) is 7.11 Å². The monoisotopic (exact) mass is 231 g/mol. The fraction of sp³-hybridized carbons (Fsp3) is 0.250. The Hall–Kier alpha value is -2.17. The van der Waals surface area contributed by atoms with Crippen LogP contribution in [0.25, 0.3) is 11.4 Å². The maximum atomic E-state index is 11.3. The second-order valence-corrected chi connectivity index (χ2v) is 3.52. The molecule has 17 heavy (non-hydrogen) atoms. The van der Waals surface area contributed by atoms with Gasteiger partial charge in [0, 0.05) is 5.56 Å². The molecule has 88 valence electrons. The maximum Gasteiger partial charge on any atom is 0.285 e. The minimum absolute atomic E-state index is 0.232. The number of aryl methyl sites for hydroxylation is 1. The van der Waals surface area contributed by atoms with Crippen molar-refractivity contribution in [3.63, 3.8) is 0 Å². The Morgan fingerprint density at radius 2 is 2.00 bits per heavy atom. The molecule has 0 aliphatic heterocycles. The molecule has 0 spiro atoms. The minimum Gasteiger partial charge on any atom is -0.497 e. The second kappa shape index (κ2) is 4.78. The van der Waals surface area contributed by atoms with E-state index in [1.807, 2.05) is 31.2 Å². The van der Waals surface area contributed by atoms with Crippen molar-refractivity contribution in [2.24, 2.45) is 0 Å². The van der Waals surface area contributed by atoms with Crippen LogP contribution in [0, 0.1) is 0 Å². The predicted octanol–water partition coefficient (Wildman–Crippen LogP) is 1.40. The van der Waals surface area contributed by atoms with Gasteiger partial charge in [-0.15, -0.1) is 0 Å². The largest absolute Gasteiger partial charge is 0.497 e. The molecule has 2 aromatic rings. The highest BCUT2D eigenvalue weighted by molar-refractivity contribution is 5.55. The lowest BCUT2D eigenvalue weighted by Gasteiger charge is -2.03. The molecule has 1 aromatic carbocycles. The van der Waals surface area contributed by atoms with Gasteiger partial charge in [0.05, 0.1) is 7.11 Å². The number of rotatable bonds is 3. The predicted molar refractivity (Wildman–Crippen MR) is 64.0 cm³/mol. The fourth-order valence-corrected chi connectivity index (χ4v) is 1.48. The summed E-state index contributed by atoms with van der Waals surface area (Å²) >= 11 is 0. The summed E-state index contributed by atoms with van der Waals surface area (Å²) in [6.07, 6.45) is 0.584. The van der Waals surface area contributed by atoms with Crippen molar-refractivity contribution >= 4 is 0 Å². The summed E-state index contributed by atoms with van der Waals surface area (Å²) in [5.74, 6) is 1.29. The summed E-state index contributed by atoms with van der Waals surface area (Å²) in [5.41, 5.74) is 1.10. The molecule has 0 atom stereocenters. The first kappa shape index (κ1) is 11.3. The van der Waals surface area contributed by atoms with Crippen LogP contribution in [0.1, 0.15) is 12.6 Å². The molecule has 1 heterocycles. The molecule has 1 aromatic heterocycles. The first-order chi connectivity index (χ1) is 8.24. The van der Waals surface area contributed by atoms with E-state index in [0.717, 1.165) is 11.3 Å². The Bertz CT molecular complexity index is 561. The summed E-state index contributed by atoms with van der Waals surface area (Å²) < 4.78 is 5.07. The van der Waals surface area contributed by atoms with E-state index in [0.29, 0.717) is 17.9 Å². The van der Waals surface area contributed by atoms with E-state index >= 15 is 0 Å². The van der Waals surface area contributed by atoms with Crippen LogP contribution in [-0.2, 0) is 6.42 Å². The fourth-order valence-electron chi connectivity index (χ4n) is 1.48. The van der Waals surface area contributed by atoms with Gasteiger partial charge in [0.1, 0.15) is 11.4 Å². The number of hydrogen-bond acceptors (Lipinski definition) is 4. The molecule has 5 nitrogen and oxygen atoms in total. The smallest absolute Gasteiger partial charge is 0.285 e. The van der Waals surface area contributed by atoms with Crippen LogP contribution < -0.4 is 10.3 Å². The Labute approximate surface area is 98.5 Å². The van der Waals surface area contributed by atoms with Gasteiger partial charge < -0.3 is 4.74 Å². The Balaban J connectivity index is 2.42. The van der Waals surface area contributed by atoms with Crippen LogP contribution in [0.2, 0.25) is 0 Å². The number of nitrogens with one attached hydrogen (secondary N) is 1. The second-order valence-electron chi connectivity index (χ2n) is 3.52. The molecule has 0 saturated heterocycles. The van der Waals surface area contributed by atoms with Gasteiger partial charge in [-0.2, -0.15) is 5.10 Å². The highest BCUT2D eigenvalue weighted by Gasteiger charge is 2.05. The van der Waals surface area contributed by atoms with Crippen LogP contribution in [-0.4, -0.2) is 22.3 Å². The Morgan fingerprint density at radius 1 is 1.29 bits per heavy atom. The van der Waals surface area contributed by atoms with Crippen LogP contribution in [0.5, 0.6) is 5.75 Å². The number of hydrogen-bond donors (Lipinski definition) is 1. The molecule has 0 saturated carbocycles. The molecular weight excluding hydrogens is 218 g/mol. The molecule has 5 heteroatoms. The number of benzene rings is 1. The molecule has 0 bridgehead atoms. The lowest BCUT2D eigenvalue weighted by molar-refractivity contribution is 0.415. The van der Waals surface area contributed by atoms with Gasteiger partial charge in [-0.25, -0.2) is 10.1 Å². The molecule has 1 N–H and O–H groups in total. The summed E-state index contributed by atoms with van der Waals surface area (Å²) in [7, 11) is 1.61. The van der Waals surface area contributed by atoms with Gasteiger partial charge in [0.15, 0.2) is 5.82 Å². The van der Waals surface area contributed by atoms with Crippen molar-refractivity contribution in [2.45, 2.75) is 13.3 Å². The zero-order valence-electron chi connectivity index (χ0n) is 9.73. The number of aromatic amines is 1. The van der Waals surface area contributed by atoms with Gasteiger partial charge in [0.25, 0.3) is 5.56 Å². The van der Waals surface area contributed by atoms with Crippen molar-refractivity contribution < 1.29 is 4.74 Å². The zero-order valence-corrected chi connectivity index (χ0v) is 9.73. The van der Waals surface area contributed by atoms with E-state index in [2.05, 4.69) is 15.2 Å². The summed E-state index contributed by atoms with van der Waals surface area (Å²) in [6, 6.07) is 7.36. The third kappa shape index (κ3) is 2.33.